The minimum atomic E-state index is 0.452. The Kier molecular flexibility index (Phi) is 4.11. The van der Waals surface area contributed by atoms with Crippen LogP contribution in [0, 0.1) is 5.92 Å². The van der Waals surface area contributed by atoms with Crippen molar-refractivity contribution in [3.05, 3.63) is 16.0 Å². The first-order chi connectivity index (χ1) is 7.27. The fourth-order valence-corrected chi connectivity index (χ4v) is 3.22. The van der Waals surface area contributed by atoms with Crippen LogP contribution in [0.1, 0.15) is 6.42 Å². The summed E-state index contributed by atoms with van der Waals surface area (Å²) in [7, 11) is 0. The molecule has 0 saturated carbocycles. The lowest BCUT2D eigenvalue weighted by Gasteiger charge is -2.11. The second kappa shape index (κ2) is 5.37. The highest BCUT2D eigenvalue weighted by Gasteiger charge is 2.16. The molecule has 15 heavy (non-hydrogen) atoms. The molecule has 1 aliphatic heterocycles. The van der Waals surface area contributed by atoms with Crippen molar-refractivity contribution in [3.63, 3.8) is 0 Å². The van der Waals surface area contributed by atoms with Gasteiger partial charge in [0.2, 0.25) is 0 Å². The molecule has 0 aromatic carbocycles. The summed E-state index contributed by atoms with van der Waals surface area (Å²) in [5, 5.41) is 3.75. The normalized spacial score (nSPS) is 20.5. The third-order valence-electron chi connectivity index (χ3n) is 2.33. The Bertz CT molecular complexity index is 344. The van der Waals surface area contributed by atoms with Crippen LogP contribution < -0.4 is 5.32 Å². The standard InChI is InChI=1S/C9H11BrClN3S/c10-7-8(11)13-5-14-9(7)12-3-6-1-2-15-4-6/h5-6H,1-4H2,(H,12,13,14). The molecule has 1 aliphatic rings. The Morgan fingerprint density at radius 1 is 1.60 bits per heavy atom. The van der Waals surface area contributed by atoms with Gasteiger partial charge in [0.05, 0.1) is 4.47 Å². The van der Waals surface area contributed by atoms with Crippen LogP contribution >= 0.6 is 39.3 Å². The van der Waals surface area contributed by atoms with Crippen LogP contribution in [0.5, 0.6) is 0 Å². The Morgan fingerprint density at radius 2 is 2.47 bits per heavy atom. The molecular formula is C9H11BrClN3S. The summed E-state index contributed by atoms with van der Waals surface area (Å²) < 4.78 is 0.748. The fraction of sp³-hybridized carbons (Fsp3) is 0.556. The van der Waals surface area contributed by atoms with Crippen LogP contribution in [0.4, 0.5) is 5.82 Å². The van der Waals surface area contributed by atoms with Crippen molar-refractivity contribution in [2.45, 2.75) is 6.42 Å². The zero-order chi connectivity index (χ0) is 10.7. The monoisotopic (exact) mass is 307 g/mol. The molecule has 1 atom stereocenters. The van der Waals surface area contributed by atoms with Crippen LogP contribution in [-0.4, -0.2) is 28.0 Å². The Labute approximate surface area is 107 Å². The summed E-state index contributed by atoms with van der Waals surface area (Å²) in [6.07, 6.45) is 2.76. The van der Waals surface area contributed by atoms with Crippen molar-refractivity contribution in [1.82, 2.24) is 9.97 Å². The summed E-state index contributed by atoms with van der Waals surface area (Å²) in [6.45, 7) is 0.957. The highest BCUT2D eigenvalue weighted by atomic mass is 79.9. The lowest BCUT2D eigenvalue weighted by Crippen LogP contribution is -2.14. The zero-order valence-corrected chi connectivity index (χ0v) is 11.2. The number of hydrogen-bond acceptors (Lipinski definition) is 4. The predicted octanol–water partition coefficient (Wildman–Crippen LogP) is 3.06. The number of aromatic nitrogens is 2. The summed E-state index contributed by atoms with van der Waals surface area (Å²) in [5.41, 5.74) is 0. The topological polar surface area (TPSA) is 37.8 Å². The molecule has 0 aliphatic carbocycles. The minimum Gasteiger partial charge on any atom is -0.369 e. The van der Waals surface area contributed by atoms with E-state index in [1.165, 1.54) is 24.3 Å². The second-order valence-electron chi connectivity index (χ2n) is 3.44. The summed E-state index contributed by atoms with van der Waals surface area (Å²) in [4.78, 5) is 8.02. The molecule has 1 fully saturated rings. The maximum atomic E-state index is 5.87. The molecule has 1 N–H and O–H groups in total. The molecule has 0 bridgehead atoms. The molecule has 1 aromatic heterocycles. The lowest BCUT2D eigenvalue weighted by molar-refractivity contribution is 0.630. The van der Waals surface area contributed by atoms with Gasteiger partial charge in [0.15, 0.2) is 0 Å². The third-order valence-corrected chi connectivity index (χ3v) is 4.83. The Balaban J connectivity index is 1.95. The van der Waals surface area contributed by atoms with Gasteiger partial charge in [-0.25, -0.2) is 9.97 Å². The van der Waals surface area contributed by atoms with Crippen molar-refractivity contribution in [3.8, 4) is 0 Å². The molecule has 0 radical (unpaired) electrons. The maximum absolute atomic E-state index is 5.87. The molecule has 82 valence electrons. The van der Waals surface area contributed by atoms with E-state index in [1.54, 1.807) is 0 Å². The minimum absolute atomic E-state index is 0.452. The van der Waals surface area contributed by atoms with Crippen molar-refractivity contribution in [2.24, 2.45) is 5.92 Å². The Hall–Kier alpha value is 0. The molecule has 3 nitrogen and oxygen atoms in total. The average Bonchev–Trinajstić information content (AvgIpc) is 2.73. The van der Waals surface area contributed by atoms with E-state index in [-0.39, 0.29) is 0 Å². The quantitative estimate of drug-likeness (QED) is 0.871. The summed E-state index contributed by atoms with van der Waals surface area (Å²) >= 11 is 11.2. The highest BCUT2D eigenvalue weighted by Crippen LogP contribution is 2.28. The van der Waals surface area contributed by atoms with Crippen molar-refractivity contribution in [1.29, 1.82) is 0 Å². The SMILES string of the molecule is Clc1ncnc(NCC2CCSC2)c1Br. The number of hydrogen-bond donors (Lipinski definition) is 1. The zero-order valence-electron chi connectivity index (χ0n) is 8.04. The number of nitrogens with one attached hydrogen (secondary N) is 1. The smallest absolute Gasteiger partial charge is 0.148 e. The van der Waals surface area contributed by atoms with Gasteiger partial charge >= 0.3 is 0 Å². The molecule has 0 spiro atoms. The molecule has 1 aromatic rings. The maximum Gasteiger partial charge on any atom is 0.148 e. The number of nitrogens with zero attached hydrogens (tertiary/aromatic N) is 2. The van der Waals surface area contributed by atoms with E-state index in [9.17, 15) is 0 Å². The number of rotatable bonds is 3. The molecule has 2 heterocycles. The average molecular weight is 309 g/mol. The molecular weight excluding hydrogens is 298 g/mol. The first-order valence-corrected chi connectivity index (χ1v) is 7.07. The van der Waals surface area contributed by atoms with Crippen LogP contribution in [0.3, 0.4) is 0 Å². The first-order valence-electron chi connectivity index (χ1n) is 4.75. The van der Waals surface area contributed by atoms with Gasteiger partial charge in [0.1, 0.15) is 17.3 Å². The van der Waals surface area contributed by atoms with Gasteiger partial charge in [-0.15, -0.1) is 0 Å². The summed E-state index contributed by atoms with van der Waals surface area (Å²) in [5.74, 6) is 4.05. The molecule has 2 rings (SSSR count). The van der Waals surface area contributed by atoms with E-state index in [4.69, 9.17) is 11.6 Å². The van der Waals surface area contributed by atoms with E-state index in [0.717, 1.165) is 22.8 Å². The van der Waals surface area contributed by atoms with Crippen LogP contribution in [0.15, 0.2) is 10.8 Å². The largest absolute Gasteiger partial charge is 0.369 e. The van der Waals surface area contributed by atoms with E-state index in [1.807, 2.05) is 11.8 Å². The van der Waals surface area contributed by atoms with Crippen molar-refractivity contribution >= 4 is 45.1 Å². The molecule has 6 heteroatoms. The Morgan fingerprint density at radius 3 is 3.20 bits per heavy atom. The van der Waals surface area contributed by atoms with E-state index >= 15 is 0 Å². The lowest BCUT2D eigenvalue weighted by atomic mass is 10.1. The van der Waals surface area contributed by atoms with Gasteiger partial charge in [-0.3, -0.25) is 0 Å². The van der Waals surface area contributed by atoms with E-state index in [0.29, 0.717) is 5.15 Å². The first kappa shape index (κ1) is 11.5. The van der Waals surface area contributed by atoms with Crippen molar-refractivity contribution in [2.75, 3.05) is 23.4 Å². The van der Waals surface area contributed by atoms with Crippen LogP contribution in [0.25, 0.3) is 0 Å². The van der Waals surface area contributed by atoms with E-state index < -0.39 is 0 Å². The summed E-state index contributed by atoms with van der Waals surface area (Å²) in [6, 6.07) is 0. The fourth-order valence-electron chi connectivity index (χ4n) is 1.46. The molecule has 1 unspecified atom stereocenters. The van der Waals surface area contributed by atoms with Gasteiger partial charge in [-0.2, -0.15) is 11.8 Å². The van der Waals surface area contributed by atoms with Gasteiger partial charge in [0, 0.05) is 6.54 Å². The predicted molar refractivity (Wildman–Crippen MR) is 68.7 cm³/mol. The third kappa shape index (κ3) is 2.98. The number of anilines is 1. The second-order valence-corrected chi connectivity index (χ2v) is 5.74. The van der Waals surface area contributed by atoms with E-state index in [2.05, 4.69) is 31.2 Å². The van der Waals surface area contributed by atoms with Crippen LogP contribution in [-0.2, 0) is 0 Å². The number of thioether (sulfide) groups is 1. The highest BCUT2D eigenvalue weighted by molar-refractivity contribution is 9.10. The van der Waals surface area contributed by atoms with Gasteiger partial charge in [-0.05, 0) is 39.8 Å². The number of halogens is 2. The molecule has 0 amide bonds. The van der Waals surface area contributed by atoms with Crippen molar-refractivity contribution < 1.29 is 0 Å². The van der Waals surface area contributed by atoms with Crippen LogP contribution in [0.2, 0.25) is 5.15 Å². The van der Waals surface area contributed by atoms with Gasteiger partial charge < -0.3 is 5.32 Å². The van der Waals surface area contributed by atoms with Gasteiger partial charge in [0.25, 0.3) is 0 Å². The van der Waals surface area contributed by atoms with Gasteiger partial charge in [-0.1, -0.05) is 11.6 Å². The molecule has 1 saturated heterocycles.